The molecule has 1 aromatic heterocycles. The topological polar surface area (TPSA) is 65.1 Å². The predicted molar refractivity (Wildman–Crippen MR) is 56.2 cm³/mol. The number of methoxy groups -OCH3 is 1. The normalized spacial score (nSPS) is 12.8. The number of aryl methyl sites for hydroxylation is 1. The lowest BCUT2D eigenvalue weighted by Gasteiger charge is -2.11. The van der Waals surface area contributed by atoms with Gasteiger partial charge in [0.05, 0.1) is 11.9 Å². The third kappa shape index (κ3) is 3.76. The zero-order valence-corrected chi connectivity index (χ0v) is 8.73. The number of hydrogen-bond acceptors (Lipinski definition) is 4. The molecule has 0 aliphatic carbocycles. The highest BCUT2D eigenvalue weighted by Gasteiger charge is 2.02. The van der Waals surface area contributed by atoms with Gasteiger partial charge in [0.1, 0.15) is 0 Å². The van der Waals surface area contributed by atoms with E-state index in [1.54, 1.807) is 18.0 Å². The molecule has 0 saturated heterocycles. The molecule has 80 valence electrons. The van der Waals surface area contributed by atoms with Gasteiger partial charge in [-0.3, -0.25) is 4.68 Å². The van der Waals surface area contributed by atoms with Crippen LogP contribution >= 0.6 is 0 Å². The fraction of sp³-hybridized carbons (Fsp3) is 0.667. The van der Waals surface area contributed by atoms with E-state index in [1.807, 2.05) is 13.2 Å². The first-order chi connectivity index (χ1) is 6.72. The molecule has 1 unspecified atom stereocenters. The van der Waals surface area contributed by atoms with Gasteiger partial charge in [0.15, 0.2) is 0 Å². The molecule has 0 aliphatic heterocycles. The Balaban J connectivity index is 2.20. The fourth-order valence-corrected chi connectivity index (χ4v) is 1.13. The summed E-state index contributed by atoms with van der Waals surface area (Å²) in [5.74, 6) is 0. The minimum atomic E-state index is 0.121. The van der Waals surface area contributed by atoms with E-state index in [4.69, 9.17) is 10.5 Å². The summed E-state index contributed by atoms with van der Waals surface area (Å²) in [6, 6.07) is 0.121. The first-order valence-electron chi connectivity index (χ1n) is 4.69. The Hall–Kier alpha value is -1.07. The number of rotatable bonds is 6. The molecule has 14 heavy (non-hydrogen) atoms. The molecule has 0 bridgehead atoms. The van der Waals surface area contributed by atoms with Crippen molar-refractivity contribution in [3.8, 4) is 0 Å². The van der Waals surface area contributed by atoms with E-state index in [-0.39, 0.29) is 6.04 Å². The summed E-state index contributed by atoms with van der Waals surface area (Å²) in [7, 11) is 3.57. The summed E-state index contributed by atoms with van der Waals surface area (Å²) in [6.07, 6.45) is 4.57. The smallest absolute Gasteiger partial charge is 0.0726 e. The highest BCUT2D eigenvalue weighted by atomic mass is 16.5. The first-order valence-corrected chi connectivity index (χ1v) is 4.69. The van der Waals surface area contributed by atoms with Crippen LogP contribution < -0.4 is 11.1 Å². The zero-order valence-electron chi connectivity index (χ0n) is 8.73. The lowest BCUT2D eigenvalue weighted by atomic mass is 10.2. The van der Waals surface area contributed by atoms with Crippen molar-refractivity contribution < 1.29 is 4.74 Å². The molecule has 0 amide bonds. The Kier molecular flexibility index (Phi) is 4.42. The molecule has 5 heteroatoms. The van der Waals surface area contributed by atoms with Crippen molar-refractivity contribution in [2.75, 3.05) is 25.6 Å². The average Bonchev–Trinajstić information content (AvgIpc) is 2.58. The number of nitrogens with zero attached hydrogens (tertiary/aromatic N) is 2. The molecule has 0 fully saturated rings. The third-order valence-electron chi connectivity index (χ3n) is 1.97. The van der Waals surface area contributed by atoms with Gasteiger partial charge in [-0.05, 0) is 6.42 Å². The van der Waals surface area contributed by atoms with E-state index in [2.05, 4.69) is 10.4 Å². The lowest BCUT2D eigenvalue weighted by molar-refractivity contribution is 0.189. The van der Waals surface area contributed by atoms with Crippen LogP contribution in [0.4, 0.5) is 5.69 Å². The highest BCUT2D eigenvalue weighted by Crippen LogP contribution is 2.03. The summed E-state index contributed by atoms with van der Waals surface area (Å²) in [4.78, 5) is 0. The van der Waals surface area contributed by atoms with Crippen molar-refractivity contribution in [2.45, 2.75) is 12.5 Å². The molecule has 1 heterocycles. The van der Waals surface area contributed by atoms with Crippen molar-refractivity contribution in [3.05, 3.63) is 12.4 Å². The summed E-state index contributed by atoms with van der Waals surface area (Å²) < 4.78 is 6.70. The fourth-order valence-electron chi connectivity index (χ4n) is 1.13. The number of nitrogens with two attached hydrogens (primary N) is 1. The van der Waals surface area contributed by atoms with Crippen LogP contribution in [0.25, 0.3) is 0 Å². The van der Waals surface area contributed by atoms with Crippen LogP contribution in [0, 0.1) is 0 Å². The minimum Gasteiger partial charge on any atom is -0.385 e. The lowest BCUT2D eigenvalue weighted by Crippen LogP contribution is -2.30. The summed E-state index contributed by atoms with van der Waals surface area (Å²) >= 11 is 0. The van der Waals surface area contributed by atoms with Gasteiger partial charge in [0.25, 0.3) is 0 Å². The third-order valence-corrected chi connectivity index (χ3v) is 1.97. The summed E-state index contributed by atoms with van der Waals surface area (Å²) in [5.41, 5.74) is 6.85. The number of ether oxygens (including phenoxy) is 1. The Morgan fingerprint density at radius 3 is 3.07 bits per heavy atom. The maximum absolute atomic E-state index is 5.84. The SMILES string of the molecule is COCCC(N)CNc1cnn(C)c1. The van der Waals surface area contributed by atoms with Gasteiger partial charge >= 0.3 is 0 Å². The van der Waals surface area contributed by atoms with Gasteiger partial charge in [-0.15, -0.1) is 0 Å². The Bertz CT molecular complexity index is 261. The Labute approximate surface area is 84.2 Å². The van der Waals surface area contributed by atoms with E-state index >= 15 is 0 Å². The van der Waals surface area contributed by atoms with E-state index in [1.165, 1.54) is 0 Å². The standard InChI is InChI=1S/C9H18N4O/c1-13-7-9(6-12-13)11-5-8(10)3-4-14-2/h6-8,11H,3-5,10H2,1-2H3. The van der Waals surface area contributed by atoms with Crippen LogP contribution in [0.15, 0.2) is 12.4 Å². The van der Waals surface area contributed by atoms with Crippen LogP contribution in [0.1, 0.15) is 6.42 Å². The van der Waals surface area contributed by atoms with Gasteiger partial charge in [-0.25, -0.2) is 0 Å². The maximum Gasteiger partial charge on any atom is 0.0726 e. The summed E-state index contributed by atoms with van der Waals surface area (Å²) in [6.45, 7) is 1.45. The molecular weight excluding hydrogens is 180 g/mol. The van der Waals surface area contributed by atoms with Crippen LogP contribution in [0.2, 0.25) is 0 Å². The van der Waals surface area contributed by atoms with Gasteiger partial charge < -0.3 is 15.8 Å². The first kappa shape index (κ1) is 11.0. The molecule has 0 radical (unpaired) electrons. The van der Waals surface area contributed by atoms with Crippen molar-refractivity contribution in [1.82, 2.24) is 9.78 Å². The maximum atomic E-state index is 5.84. The molecule has 1 rings (SSSR count). The molecule has 1 aromatic rings. The van der Waals surface area contributed by atoms with Crippen molar-refractivity contribution >= 4 is 5.69 Å². The van der Waals surface area contributed by atoms with Gasteiger partial charge in [0, 0.05) is 39.5 Å². The van der Waals surface area contributed by atoms with Crippen LogP contribution in [-0.2, 0) is 11.8 Å². The molecular formula is C9H18N4O. The zero-order chi connectivity index (χ0) is 10.4. The second-order valence-corrected chi connectivity index (χ2v) is 3.33. The van der Waals surface area contributed by atoms with Gasteiger partial charge in [-0.2, -0.15) is 5.10 Å². The second-order valence-electron chi connectivity index (χ2n) is 3.33. The number of nitrogens with one attached hydrogen (secondary N) is 1. The monoisotopic (exact) mass is 198 g/mol. The highest BCUT2D eigenvalue weighted by molar-refractivity contribution is 5.38. The Morgan fingerprint density at radius 2 is 2.50 bits per heavy atom. The van der Waals surface area contributed by atoms with Crippen LogP contribution in [0.5, 0.6) is 0 Å². The van der Waals surface area contributed by atoms with Crippen molar-refractivity contribution in [1.29, 1.82) is 0 Å². The molecule has 3 N–H and O–H groups in total. The molecule has 5 nitrogen and oxygen atoms in total. The number of aromatic nitrogens is 2. The Morgan fingerprint density at radius 1 is 1.71 bits per heavy atom. The molecule has 0 aromatic carbocycles. The minimum absolute atomic E-state index is 0.121. The van der Waals surface area contributed by atoms with Crippen molar-refractivity contribution in [2.24, 2.45) is 12.8 Å². The van der Waals surface area contributed by atoms with Crippen LogP contribution in [0.3, 0.4) is 0 Å². The molecule has 1 atom stereocenters. The predicted octanol–water partition coefficient (Wildman–Crippen LogP) is 0.196. The van der Waals surface area contributed by atoms with Gasteiger partial charge in [0.2, 0.25) is 0 Å². The average molecular weight is 198 g/mol. The summed E-state index contributed by atoms with van der Waals surface area (Å²) in [5, 5.41) is 7.26. The van der Waals surface area contributed by atoms with E-state index in [0.717, 1.165) is 18.7 Å². The molecule has 0 saturated carbocycles. The van der Waals surface area contributed by atoms with E-state index in [0.29, 0.717) is 6.61 Å². The van der Waals surface area contributed by atoms with Crippen molar-refractivity contribution in [3.63, 3.8) is 0 Å². The number of anilines is 1. The number of hydrogen-bond donors (Lipinski definition) is 2. The quantitative estimate of drug-likeness (QED) is 0.685. The largest absolute Gasteiger partial charge is 0.385 e. The molecule has 0 aliphatic rings. The molecule has 0 spiro atoms. The van der Waals surface area contributed by atoms with E-state index in [9.17, 15) is 0 Å². The van der Waals surface area contributed by atoms with E-state index < -0.39 is 0 Å². The second kappa shape index (κ2) is 5.62. The van der Waals surface area contributed by atoms with Gasteiger partial charge in [-0.1, -0.05) is 0 Å². The van der Waals surface area contributed by atoms with Crippen LogP contribution in [-0.4, -0.2) is 36.1 Å².